The SMILES string of the molecule is CC(C)NC(C)(CO)CCCN(C)CC1CCCO1. The van der Waals surface area contributed by atoms with Crippen LogP contribution in [0.2, 0.25) is 0 Å². The first-order valence-corrected chi connectivity index (χ1v) is 7.64. The first-order chi connectivity index (χ1) is 8.95. The van der Waals surface area contributed by atoms with Crippen LogP contribution in [0.1, 0.15) is 46.5 Å². The van der Waals surface area contributed by atoms with Crippen LogP contribution >= 0.6 is 0 Å². The van der Waals surface area contributed by atoms with Crippen LogP contribution in [0.25, 0.3) is 0 Å². The molecule has 0 aromatic rings. The van der Waals surface area contributed by atoms with Gasteiger partial charge in [-0.25, -0.2) is 0 Å². The number of ether oxygens (including phenoxy) is 1. The molecule has 2 unspecified atom stereocenters. The molecule has 0 radical (unpaired) electrons. The largest absolute Gasteiger partial charge is 0.394 e. The quantitative estimate of drug-likeness (QED) is 0.669. The maximum atomic E-state index is 9.53. The second kappa shape index (κ2) is 8.20. The molecule has 0 bridgehead atoms. The summed E-state index contributed by atoms with van der Waals surface area (Å²) < 4.78 is 5.65. The van der Waals surface area contributed by atoms with E-state index in [-0.39, 0.29) is 12.1 Å². The average Bonchev–Trinajstić information content (AvgIpc) is 2.80. The van der Waals surface area contributed by atoms with Gasteiger partial charge in [-0.1, -0.05) is 13.8 Å². The lowest BCUT2D eigenvalue weighted by Crippen LogP contribution is -2.49. The third-order valence-electron chi connectivity index (χ3n) is 3.79. The predicted octanol–water partition coefficient (Wildman–Crippen LogP) is 1.63. The molecule has 1 fully saturated rings. The number of hydrogen-bond donors (Lipinski definition) is 2. The summed E-state index contributed by atoms with van der Waals surface area (Å²) in [5, 5.41) is 13.0. The molecule has 0 aromatic heterocycles. The molecule has 0 amide bonds. The zero-order chi connectivity index (χ0) is 14.3. The summed E-state index contributed by atoms with van der Waals surface area (Å²) >= 11 is 0. The van der Waals surface area contributed by atoms with Crippen molar-refractivity contribution < 1.29 is 9.84 Å². The molecule has 4 nitrogen and oxygen atoms in total. The molecular formula is C15H32N2O2. The van der Waals surface area contributed by atoms with Crippen molar-refractivity contribution in [2.24, 2.45) is 0 Å². The molecule has 0 aliphatic carbocycles. The summed E-state index contributed by atoms with van der Waals surface area (Å²) in [7, 11) is 2.16. The van der Waals surface area contributed by atoms with Crippen molar-refractivity contribution >= 4 is 0 Å². The summed E-state index contributed by atoms with van der Waals surface area (Å²) in [5.41, 5.74) is -0.154. The first-order valence-electron chi connectivity index (χ1n) is 7.64. The zero-order valence-electron chi connectivity index (χ0n) is 13.1. The standard InChI is InChI=1S/C15H32N2O2/c1-13(2)16-15(3,12-18)8-6-9-17(4)11-14-7-5-10-19-14/h13-14,16,18H,5-12H2,1-4H3. The van der Waals surface area contributed by atoms with E-state index in [1.165, 1.54) is 12.8 Å². The lowest BCUT2D eigenvalue weighted by atomic mass is 9.95. The Bertz CT molecular complexity index is 242. The molecule has 1 rings (SSSR count). The number of rotatable bonds is 9. The third kappa shape index (κ3) is 6.70. The van der Waals surface area contributed by atoms with E-state index >= 15 is 0 Å². The van der Waals surface area contributed by atoms with E-state index in [0.717, 1.165) is 32.5 Å². The normalized spacial score (nSPS) is 23.2. The fraction of sp³-hybridized carbons (Fsp3) is 1.00. The maximum absolute atomic E-state index is 9.53. The van der Waals surface area contributed by atoms with Gasteiger partial charge in [0, 0.05) is 24.7 Å². The number of aliphatic hydroxyl groups excluding tert-OH is 1. The number of nitrogens with zero attached hydrogens (tertiary/aromatic N) is 1. The van der Waals surface area contributed by atoms with Crippen LogP contribution in [-0.2, 0) is 4.74 Å². The molecule has 1 saturated heterocycles. The van der Waals surface area contributed by atoms with Crippen molar-refractivity contribution in [3.8, 4) is 0 Å². The van der Waals surface area contributed by atoms with E-state index in [9.17, 15) is 5.11 Å². The molecule has 0 aromatic carbocycles. The summed E-state index contributed by atoms with van der Waals surface area (Å²) in [6.07, 6.45) is 4.94. The molecule has 4 heteroatoms. The highest BCUT2D eigenvalue weighted by Gasteiger charge is 2.23. The van der Waals surface area contributed by atoms with Gasteiger partial charge in [0.1, 0.15) is 0 Å². The van der Waals surface area contributed by atoms with Crippen LogP contribution < -0.4 is 5.32 Å². The number of nitrogens with one attached hydrogen (secondary N) is 1. The van der Waals surface area contributed by atoms with Gasteiger partial charge in [0.2, 0.25) is 0 Å². The Labute approximate surface area is 118 Å². The van der Waals surface area contributed by atoms with Gasteiger partial charge in [-0.15, -0.1) is 0 Å². The Kier molecular flexibility index (Phi) is 7.29. The van der Waals surface area contributed by atoms with Gasteiger partial charge >= 0.3 is 0 Å². The molecule has 1 aliphatic rings. The van der Waals surface area contributed by atoms with Crippen molar-refractivity contribution in [3.05, 3.63) is 0 Å². The van der Waals surface area contributed by atoms with E-state index in [4.69, 9.17) is 4.74 Å². The van der Waals surface area contributed by atoms with Gasteiger partial charge in [0.05, 0.1) is 12.7 Å². The van der Waals surface area contributed by atoms with Crippen molar-refractivity contribution in [1.82, 2.24) is 10.2 Å². The minimum atomic E-state index is -0.154. The highest BCUT2D eigenvalue weighted by molar-refractivity contribution is 4.84. The van der Waals surface area contributed by atoms with E-state index in [2.05, 4.69) is 38.0 Å². The lowest BCUT2D eigenvalue weighted by molar-refractivity contribution is 0.0789. The number of aliphatic hydroxyl groups is 1. The van der Waals surface area contributed by atoms with Gasteiger partial charge in [-0.3, -0.25) is 0 Å². The summed E-state index contributed by atoms with van der Waals surface area (Å²) in [6, 6.07) is 0.404. The number of hydrogen-bond acceptors (Lipinski definition) is 4. The Morgan fingerprint density at radius 3 is 2.74 bits per heavy atom. The molecule has 2 atom stereocenters. The second-order valence-electron chi connectivity index (χ2n) is 6.52. The van der Waals surface area contributed by atoms with Gasteiger partial charge in [-0.2, -0.15) is 0 Å². The van der Waals surface area contributed by atoms with E-state index in [1.807, 2.05) is 0 Å². The summed E-state index contributed by atoms with van der Waals surface area (Å²) in [6.45, 7) is 9.57. The van der Waals surface area contributed by atoms with Crippen LogP contribution in [0.15, 0.2) is 0 Å². The van der Waals surface area contributed by atoms with Crippen LogP contribution in [0.4, 0.5) is 0 Å². The van der Waals surface area contributed by atoms with E-state index < -0.39 is 0 Å². The first kappa shape index (κ1) is 16.9. The van der Waals surface area contributed by atoms with Crippen molar-refractivity contribution in [2.45, 2.75) is 64.1 Å². The van der Waals surface area contributed by atoms with Crippen molar-refractivity contribution in [3.63, 3.8) is 0 Å². The average molecular weight is 272 g/mol. The number of likely N-dealkylation sites (N-methyl/N-ethyl adjacent to an activating group) is 1. The van der Waals surface area contributed by atoms with Crippen LogP contribution in [0.3, 0.4) is 0 Å². The fourth-order valence-corrected chi connectivity index (χ4v) is 2.86. The smallest absolute Gasteiger partial charge is 0.0702 e. The van der Waals surface area contributed by atoms with E-state index in [1.54, 1.807) is 0 Å². The molecule has 114 valence electrons. The minimum Gasteiger partial charge on any atom is -0.394 e. The zero-order valence-corrected chi connectivity index (χ0v) is 13.1. The highest BCUT2D eigenvalue weighted by Crippen LogP contribution is 2.15. The summed E-state index contributed by atoms with van der Waals surface area (Å²) in [4.78, 5) is 2.35. The highest BCUT2D eigenvalue weighted by atomic mass is 16.5. The third-order valence-corrected chi connectivity index (χ3v) is 3.79. The van der Waals surface area contributed by atoms with Crippen molar-refractivity contribution in [2.75, 3.05) is 33.4 Å². The Morgan fingerprint density at radius 1 is 1.47 bits per heavy atom. The van der Waals surface area contributed by atoms with Crippen LogP contribution in [0, 0.1) is 0 Å². The van der Waals surface area contributed by atoms with Crippen LogP contribution in [0.5, 0.6) is 0 Å². The topological polar surface area (TPSA) is 44.7 Å². The second-order valence-corrected chi connectivity index (χ2v) is 6.52. The Morgan fingerprint density at radius 2 is 2.21 bits per heavy atom. The minimum absolute atomic E-state index is 0.154. The van der Waals surface area contributed by atoms with Gasteiger partial charge in [-0.05, 0) is 46.2 Å². The molecule has 2 N–H and O–H groups in total. The molecule has 0 saturated carbocycles. The molecule has 1 aliphatic heterocycles. The molecular weight excluding hydrogens is 240 g/mol. The lowest BCUT2D eigenvalue weighted by Gasteiger charge is -2.32. The van der Waals surface area contributed by atoms with Crippen LogP contribution in [-0.4, -0.2) is 61.0 Å². The fourth-order valence-electron chi connectivity index (χ4n) is 2.86. The van der Waals surface area contributed by atoms with E-state index in [0.29, 0.717) is 12.1 Å². The molecule has 19 heavy (non-hydrogen) atoms. The monoisotopic (exact) mass is 272 g/mol. The van der Waals surface area contributed by atoms with Gasteiger partial charge in [0.25, 0.3) is 0 Å². The maximum Gasteiger partial charge on any atom is 0.0702 e. The predicted molar refractivity (Wildman–Crippen MR) is 79.5 cm³/mol. The molecule has 1 heterocycles. The molecule has 0 spiro atoms. The van der Waals surface area contributed by atoms with Gasteiger partial charge in [0.15, 0.2) is 0 Å². The summed E-state index contributed by atoms with van der Waals surface area (Å²) in [5.74, 6) is 0. The van der Waals surface area contributed by atoms with Gasteiger partial charge < -0.3 is 20.1 Å². The Balaban J connectivity index is 2.19. The Hall–Kier alpha value is -0.160. The van der Waals surface area contributed by atoms with Crippen molar-refractivity contribution in [1.29, 1.82) is 0 Å².